The maximum Gasteiger partial charge on any atom is 0.273 e. The zero-order chi connectivity index (χ0) is 23.7. The third kappa shape index (κ3) is 4.32. The van der Waals surface area contributed by atoms with Crippen molar-refractivity contribution in [1.82, 2.24) is 14.9 Å². The molecule has 2 saturated heterocycles. The molecular formula is C27H31N3O4. The Hall–Kier alpha value is -3.19. The van der Waals surface area contributed by atoms with E-state index in [1.54, 1.807) is 6.07 Å². The minimum Gasteiger partial charge on any atom is -0.489 e. The first kappa shape index (κ1) is 22.6. The molecule has 0 saturated carbocycles. The number of carbonyl (C=O) groups is 3. The number of hydrogen-bond acceptors (Lipinski definition) is 5. The second-order valence-electron chi connectivity index (χ2n) is 9.36. The molecule has 3 amide bonds. The van der Waals surface area contributed by atoms with Gasteiger partial charge in [-0.1, -0.05) is 37.3 Å². The van der Waals surface area contributed by atoms with Crippen LogP contribution in [0.25, 0.3) is 0 Å². The summed E-state index contributed by atoms with van der Waals surface area (Å²) in [5.41, 5.74) is 2.62. The molecule has 0 aliphatic carbocycles. The third-order valence-corrected chi connectivity index (χ3v) is 7.12. The van der Waals surface area contributed by atoms with Gasteiger partial charge in [0.2, 0.25) is 11.8 Å². The number of benzene rings is 2. The summed E-state index contributed by atoms with van der Waals surface area (Å²) in [4.78, 5) is 40.1. The normalized spacial score (nSPS) is 21.8. The molecule has 0 aromatic heterocycles. The van der Waals surface area contributed by atoms with E-state index in [1.165, 1.54) is 10.6 Å². The summed E-state index contributed by atoms with van der Waals surface area (Å²) in [6, 6.07) is 16.3. The van der Waals surface area contributed by atoms with Gasteiger partial charge in [-0.25, -0.2) is 5.01 Å². The van der Waals surface area contributed by atoms with Crippen molar-refractivity contribution in [3.63, 3.8) is 0 Å². The second kappa shape index (κ2) is 9.58. The van der Waals surface area contributed by atoms with Gasteiger partial charge >= 0.3 is 0 Å². The summed E-state index contributed by atoms with van der Waals surface area (Å²) in [6.45, 7) is 4.33. The van der Waals surface area contributed by atoms with Gasteiger partial charge in [0.15, 0.2) is 0 Å². The zero-order valence-electron chi connectivity index (χ0n) is 19.6. The number of amides is 3. The van der Waals surface area contributed by atoms with Crippen LogP contribution in [-0.2, 0) is 22.7 Å². The van der Waals surface area contributed by atoms with Crippen molar-refractivity contribution in [3.05, 3.63) is 65.2 Å². The van der Waals surface area contributed by atoms with Gasteiger partial charge in [0.25, 0.3) is 5.91 Å². The van der Waals surface area contributed by atoms with Crippen LogP contribution in [0.3, 0.4) is 0 Å². The topological polar surface area (TPSA) is 70.2 Å². The molecule has 0 spiro atoms. The lowest BCUT2D eigenvalue weighted by molar-refractivity contribution is -0.163. The van der Waals surface area contributed by atoms with Crippen LogP contribution >= 0.6 is 0 Å². The summed E-state index contributed by atoms with van der Waals surface area (Å²) in [5.74, 6) is -0.190. The first-order chi connectivity index (χ1) is 16.5. The van der Waals surface area contributed by atoms with Crippen LogP contribution in [0.1, 0.15) is 66.9 Å². The zero-order valence-corrected chi connectivity index (χ0v) is 19.6. The number of ether oxygens (including phenoxy) is 1. The summed E-state index contributed by atoms with van der Waals surface area (Å²) < 4.78 is 6.48. The predicted molar refractivity (Wildman–Crippen MR) is 127 cm³/mol. The van der Waals surface area contributed by atoms with Gasteiger partial charge in [-0.05, 0) is 61.6 Å². The smallest absolute Gasteiger partial charge is 0.273 e. The standard InChI is InChI=1S/C27H31N3O4/c1-2-24(23-10-7-15-28(23)17-19-8-4-3-5-9-19)34-21-13-14-22-20(16-21)18-29(27(22)33)30-25(31)11-6-12-26(30)32/h3-5,8-9,13-14,16,23-24H,2,6-7,10-12,15,17-18H2,1H3/t23-,24?/m0/s1. The van der Waals surface area contributed by atoms with Crippen molar-refractivity contribution >= 4 is 17.7 Å². The predicted octanol–water partition coefficient (Wildman–Crippen LogP) is 3.92. The molecule has 3 heterocycles. The van der Waals surface area contributed by atoms with Crippen molar-refractivity contribution in [2.75, 3.05) is 6.54 Å². The number of piperidine rings is 1. The van der Waals surface area contributed by atoms with Crippen molar-refractivity contribution in [2.45, 2.75) is 70.7 Å². The van der Waals surface area contributed by atoms with Gasteiger partial charge in [0, 0.05) is 31.0 Å². The number of imide groups is 1. The number of rotatable bonds is 7. The SMILES string of the molecule is CCC(Oc1ccc2c(c1)CN(N1C(=O)CCCC1=O)C2=O)[C@@H]1CCCN1Cc1ccccc1. The van der Waals surface area contributed by atoms with E-state index in [0.29, 0.717) is 30.9 Å². The third-order valence-electron chi connectivity index (χ3n) is 7.12. The van der Waals surface area contributed by atoms with Crippen LogP contribution in [0.4, 0.5) is 0 Å². The van der Waals surface area contributed by atoms with Crippen LogP contribution in [0, 0.1) is 0 Å². The molecular weight excluding hydrogens is 430 g/mol. The van der Waals surface area contributed by atoms with Gasteiger partial charge in [-0.2, -0.15) is 5.01 Å². The highest BCUT2D eigenvalue weighted by atomic mass is 16.5. The molecule has 178 valence electrons. The summed E-state index contributed by atoms with van der Waals surface area (Å²) in [7, 11) is 0. The van der Waals surface area contributed by atoms with Crippen LogP contribution in [0.2, 0.25) is 0 Å². The molecule has 2 aromatic rings. The summed E-state index contributed by atoms with van der Waals surface area (Å²) >= 11 is 0. The first-order valence-electron chi connectivity index (χ1n) is 12.3. The number of hydrazine groups is 1. The Morgan fingerprint density at radius 1 is 1.00 bits per heavy atom. The van der Waals surface area contributed by atoms with E-state index in [-0.39, 0.29) is 30.4 Å². The van der Waals surface area contributed by atoms with E-state index in [1.807, 2.05) is 18.2 Å². The van der Waals surface area contributed by atoms with Crippen molar-refractivity contribution in [3.8, 4) is 5.75 Å². The van der Waals surface area contributed by atoms with E-state index >= 15 is 0 Å². The fourth-order valence-corrected chi connectivity index (χ4v) is 5.42. The fraction of sp³-hybridized carbons (Fsp3) is 0.444. The highest BCUT2D eigenvalue weighted by Gasteiger charge is 2.39. The van der Waals surface area contributed by atoms with E-state index in [0.717, 1.165) is 48.7 Å². The van der Waals surface area contributed by atoms with E-state index < -0.39 is 0 Å². The van der Waals surface area contributed by atoms with Gasteiger partial charge in [-0.3, -0.25) is 19.3 Å². The molecule has 0 N–H and O–H groups in total. The number of hydrogen-bond donors (Lipinski definition) is 0. The van der Waals surface area contributed by atoms with Crippen molar-refractivity contribution in [1.29, 1.82) is 0 Å². The summed E-state index contributed by atoms with van der Waals surface area (Å²) in [5, 5.41) is 2.33. The largest absolute Gasteiger partial charge is 0.489 e. The minimum absolute atomic E-state index is 0.0442. The van der Waals surface area contributed by atoms with Gasteiger partial charge < -0.3 is 4.74 Å². The van der Waals surface area contributed by atoms with Crippen LogP contribution in [-0.4, -0.2) is 51.3 Å². The lowest BCUT2D eigenvalue weighted by Crippen LogP contribution is -2.51. The average molecular weight is 462 g/mol. The lowest BCUT2D eigenvalue weighted by atomic mass is 10.0. The van der Waals surface area contributed by atoms with Gasteiger partial charge in [0.05, 0.1) is 6.54 Å². The number of likely N-dealkylation sites (tertiary alicyclic amines) is 1. The van der Waals surface area contributed by atoms with Crippen LogP contribution in [0.5, 0.6) is 5.75 Å². The lowest BCUT2D eigenvalue weighted by Gasteiger charge is -2.32. The fourth-order valence-electron chi connectivity index (χ4n) is 5.42. The maximum atomic E-state index is 12.9. The van der Waals surface area contributed by atoms with Crippen molar-refractivity contribution < 1.29 is 19.1 Å². The van der Waals surface area contributed by atoms with Gasteiger partial charge in [0.1, 0.15) is 11.9 Å². The number of carbonyl (C=O) groups excluding carboxylic acids is 3. The average Bonchev–Trinajstić information content (AvgIpc) is 3.42. The summed E-state index contributed by atoms with van der Waals surface area (Å²) in [6.07, 6.45) is 4.31. The number of nitrogens with zero attached hydrogens (tertiary/aromatic N) is 3. The molecule has 2 aromatic carbocycles. The maximum absolute atomic E-state index is 12.9. The molecule has 3 aliphatic rings. The molecule has 0 radical (unpaired) electrons. The number of fused-ring (bicyclic) bond motifs is 1. The Labute approximate surface area is 200 Å². The molecule has 2 atom stereocenters. The quantitative estimate of drug-likeness (QED) is 0.585. The van der Waals surface area contributed by atoms with Crippen LogP contribution < -0.4 is 4.74 Å². The molecule has 3 aliphatic heterocycles. The van der Waals surface area contributed by atoms with E-state index in [2.05, 4.69) is 36.1 Å². The molecule has 5 rings (SSSR count). The second-order valence-corrected chi connectivity index (χ2v) is 9.36. The minimum atomic E-state index is -0.306. The monoisotopic (exact) mass is 461 g/mol. The molecule has 7 nitrogen and oxygen atoms in total. The Kier molecular flexibility index (Phi) is 6.37. The molecule has 1 unspecified atom stereocenters. The Morgan fingerprint density at radius 3 is 2.50 bits per heavy atom. The van der Waals surface area contributed by atoms with Crippen molar-refractivity contribution in [2.24, 2.45) is 0 Å². The van der Waals surface area contributed by atoms with Crippen LogP contribution in [0.15, 0.2) is 48.5 Å². The highest BCUT2D eigenvalue weighted by molar-refractivity contribution is 6.04. The molecule has 0 bridgehead atoms. The molecule has 34 heavy (non-hydrogen) atoms. The molecule has 7 heteroatoms. The Balaban J connectivity index is 1.30. The van der Waals surface area contributed by atoms with Gasteiger partial charge in [-0.15, -0.1) is 0 Å². The Morgan fingerprint density at radius 2 is 1.76 bits per heavy atom. The highest BCUT2D eigenvalue weighted by Crippen LogP contribution is 2.32. The first-order valence-corrected chi connectivity index (χ1v) is 12.3. The van der Waals surface area contributed by atoms with E-state index in [4.69, 9.17) is 4.74 Å². The van der Waals surface area contributed by atoms with E-state index in [9.17, 15) is 14.4 Å². The molecule has 2 fully saturated rings. The Bertz CT molecular complexity index is 1070.